The first kappa shape index (κ1) is 23.8. The molecule has 8 heteroatoms. The molecule has 0 fully saturated rings. The Morgan fingerprint density at radius 3 is 2.65 bits per heavy atom. The Morgan fingerprint density at radius 2 is 1.91 bits per heavy atom. The summed E-state index contributed by atoms with van der Waals surface area (Å²) in [4.78, 5) is 18.2. The molecule has 0 aliphatic heterocycles. The summed E-state index contributed by atoms with van der Waals surface area (Å²) in [5, 5.41) is 23.2. The molecule has 0 radical (unpaired) electrons. The van der Waals surface area contributed by atoms with Crippen molar-refractivity contribution in [3.63, 3.8) is 0 Å². The van der Waals surface area contributed by atoms with Gasteiger partial charge < -0.3 is 10.1 Å². The van der Waals surface area contributed by atoms with E-state index in [4.69, 9.17) is 0 Å². The fraction of sp³-hybridized carbons (Fsp3) is 0.385. The number of hydrogen-bond donors (Lipinski definition) is 2. The van der Waals surface area contributed by atoms with Crippen LogP contribution in [0.15, 0.2) is 59.4 Å². The molecule has 0 aliphatic rings. The lowest BCUT2D eigenvalue weighted by Crippen LogP contribution is -2.36. The molecule has 4 aromatic rings. The zero-order chi connectivity index (χ0) is 24.1. The molecule has 0 aliphatic carbocycles. The molecular formula is C26H32N6O2. The number of nitrogens with zero attached hydrogens (tertiary/aromatic N) is 5. The van der Waals surface area contributed by atoms with E-state index in [-0.39, 0.29) is 24.1 Å². The average Bonchev–Trinajstić information content (AvgIpc) is 3.25. The number of benzene rings is 2. The number of aryl methyl sites for hydroxylation is 1. The summed E-state index contributed by atoms with van der Waals surface area (Å²) in [6.45, 7) is 7.95. The third-order valence-electron chi connectivity index (χ3n) is 6.08. The first-order valence-corrected chi connectivity index (χ1v) is 11.7. The number of aliphatic hydroxyl groups is 1. The Balaban J connectivity index is 1.69. The number of hydrogen-bond acceptors (Lipinski definition) is 6. The van der Waals surface area contributed by atoms with Crippen molar-refractivity contribution in [1.29, 1.82) is 0 Å². The van der Waals surface area contributed by atoms with E-state index in [0.717, 1.165) is 27.9 Å². The molecule has 0 spiro atoms. The quantitative estimate of drug-likeness (QED) is 0.376. The average molecular weight is 461 g/mol. The summed E-state index contributed by atoms with van der Waals surface area (Å²) in [7, 11) is 0. The molecule has 2 aromatic carbocycles. The van der Waals surface area contributed by atoms with Crippen LogP contribution in [0.3, 0.4) is 0 Å². The topological polar surface area (TPSA) is 99.9 Å². The van der Waals surface area contributed by atoms with E-state index in [9.17, 15) is 9.90 Å². The second-order valence-corrected chi connectivity index (χ2v) is 9.13. The lowest BCUT2D eigenvalue weighted by molar-refractivity contribution is 0.122. The van der Waals surface area contributed by atoms with Gasteiger partial charge in [0.1, 0.15) is 0 Å². The van der Waals surface area contributed by atoms with Crippen molar-refractivity contribution in [1.82, 2.24) is 30.1 Å². The van der Waals surface area contributed by atoms with Crippen molar-refractivity contribution in [3.05, 3.63) is 87.5 Å². The normalized spacial score (nSPS) is 12.6. The summed E-state index contributed by atoms with van der Waals surface area (Å²) in [6, 6.07) is 18.0. The zero-order valence-corrected chi connectivity index (χ0v) is 20.0. The van der Waals surface area contributed by atoms with Crippen LogP contribution < -0.4 is 5.56 Å². The summed E-state index contributed by atoms with van der Waals surface area (Å²) in [5.74, 6) is 0.936. The van der Waals surface area contributed by atoms with Crippen LogP contribution in [0, 0.1) is 12.8 Å². The highest BCUT2D eigenvalue weighted by Crippen LogP contribution is 2.29. The molecule has 2 heterocycles. The molecule has 2 N–H and O–H groups in total. The maximum absolute atomic E-state index is 13.0. The number of aliphatic hydroxyl groups excluding tert-OH is 1. The summed E-state index contributed by atoms with van der Waals surface area (Å²) in [6.07, 6.45) is 0.591. The molecule has 1 atom stereocenters. The third-order valence-corrected chi connectivity index (χ3v) is 6.08. The predicted molar refractivity (Wildman–Crippen MR) is 132 cm³/mol. The summed E-state index contributed by atoms with van der Waals surface area (Å²) in [5.41, 5.74) is 3.63. The van der Waals surface area contributed by atoms with Gasteiger partial charge in [0.2, 0.25) is 0 Å². The van der Waals surface area contributed by atoms with Gasteiger partial charge in [0.05, 0.1) is 12.6 Å². The maximum atomic E-state index is 13.0. The first-order valence-electron chi connectivity index (χ1n) is 11.7. The number of pyridine rings is 1. The minimum Gasteiger partial charge on any atom is -0.396 e. The molecule has 4 rings (SSSR count). The van der Waals surface area contributed by atoms with Gasteiger partial charge >= 0.3 is 0 Å². The highest BCUT2D eigenvalue weighted by Gasteiger charge is 2.29. The fourth-order valence-electron chi connectivity index (χ4n) is 4.46. The molecule has 2 aromatic heterocycles. The SMILES string of the molecule is Cc1ccc2cc(CN(CCCO)[C@H](c3nnnn3Cc3ccccc3)C(C)C)c(=O)[nH]c2c1. The highest BCUT2D eigenvalue weighted by atomic mass is 16.3. The Labute approximate surface area is 199 Å². The van der Waals surface area contributed by atoms with E-state index < -0.39 is 0 Å². The molecule has 0 saturated heterocycles. The minimum absolute atomic E-state index is 0.0730. The molecule has 0 saturated carbocycles. The molecule has 0 bridgehead atoms. The van der Waals surface area contributed by atoms with E-state index in [1.165, 1.54) is 0 Å². The molecule has 0 unspecified atom stereocenters. The van der Waals surface area contributed by atoms with Crippen LogP contribution in [0.25, 0.3) is 10.9 Å². The molecule has 178 valence electrons. The largest absolute Gasteiger partial charge is 0.396 e. The number of fused-ring (bicyclic) bond motifs is 1. The number of nitrogens with one attached hydrogen (secondary N) is 1. The lowest BCUT2D eigenvalue weighted by Gasteiger charge is -2.33. The molecular weight excluding hydrogens is 428 g/mol. The number of aromatic amines is 1. The van der Waals surface area contributed by atoms with Gasteiger partial charge in [-0.1, -0.05) is 56.3 Å². The Bertz CT molecular complexity index is 1280. The van der Waals surface area contributed by atoms with E-state index >= 15 is 0 Å². The van der Waals surface area contributed by atoms with Crippen molar-refractivity contribution in [2.75, 3.05) is 13.2 Å². The molecule has 34 heavy (non-hydrogen) atoms. The van der Waals surface area contributed by atoms with Crippen LogP contribution in [0.4, 0.5) is 0 Å². The fourth-order valence-corrected chi connectivity index (χ4v) is 4.46. The van der Waals surface area contributed by atoms with E-state index in [1.807, 2.05) is 54.1 Å². The Morgan fingerprint density at radius 1 is 1.12 bits per heavy atom. The third kappa shape index (κ3) is 5.40. The van der Waals surface area contributed by atoms with Gasteiger partial charge in [-0.05, 0) is 58.3 Å². The van der Waals surface area contributed by atoms with Crippen LogP contribution in [0.1, 0.15) is 48.8 Å². The van der Waals surface area contributed by atoms with Crippen LogP contribution in [0.5, 0.6) is 0 Å². The van der Waals surface area contributed by atoms with Gasteiger partial charge in [0.15, 0.2) is 5.82 Å². The monoisotopic (exact) mass is 460 g/mol. The summed E-state index contributed by atoms with van der Waals surface area (Å²) < 4.78 is 1.83. The smallest absolute Gasteiger partial charge is 0.252 e. The molecule has 8 nitrogen and oxygen atoms in total. The maximum Gasteiger partial charge on any atom is 0.252 e. The number of aromatic nitrogens is 5. The lowest BCUT2D eigenvalue weighted by atomic mass is 10.00. The van der Waals surface area contributed by atoms with E-state index in [1.54, 1.807) is 0 Å². The highest BCUT2D eigenvalue weighted by molar-refractivity contribution is 5.79. The second kappa shape index (κ2) is 10.7. The van der Waals surface area contributed by atoms with Crippen molar-refractivity contribution in [2.45, 2.75) is 46.3 Å². The van der Waals surface area contributed by atoms with Crippen molar-refractivity contribution >= 4 is 10.9 Å². The van der Waals surface area contributed by atoms with Crippen molar-refractivity contribution in [3.8, 4) is 0 Å². The van der Waals surface area contributed by atoms with E-state index in [2.05, 4.69) is 51.4 Å². The van der Waals surface area contributed by atoms with Crippen LogP contribution in [-0.2, 0) is 13.1 Å². The summed E-state index contributed by atoms with van der Waals surface area (Å²) >= 11 is 0. The number of tetrazole rings is 1. The van der Waals surface area contributed by atoms with Crippen molar-refractivity contribution in [2.24, 2.45) is 5.92 Å². The number of rotatable bonds is 10. The minimum atomic E-state index is -0.127. The second-order valence-electron chi connectivity index (χ2n) is 9.13. The standard InChI is InChI=1S/C26H32N6O2/c1-18(2)24(25-28-29-30-32(25)16-20-8-5-4-6-9-20)31(12-7-13-33)17-22-15-21-11-10-19(3)14-23(21)27-26(22)34/h4-6,8-11,14-15,18,24,33H,7,12-13,16-17H2,1-3H3,(H,27,34)/t24-/m0/s1. The first-order chi connectivity index (χ1) is 16.5. The van der Waals surface area contributed by atoms with Gasteiger partial charge in [-0.3, -0.25) is 9.69 Å². The Hall–Kier alpha value is -3.36. The van der Waals surface area contributed by atoms with Crippen LogP contribution in [-0.4, -0.2) is 48.3 Å². The van der Waals surface area contributed by atoms with Crippen molar-refractivity contribution < 1.29 is 5.11 Å². The molecule has 0 amide bonds. The van der Waals surface area contributed by atoms with Gasteiger partial charge in [0.25, 0.3) is 5.56 Å². The van der Waals surface area contributed by atoms with Crippen LogP contribution >= 0.6 is 0 Å². The van der Waals surface area contributed by atoms with Gasteiger partial charge in [-0.2, -0.15) is 0 Å². The van der Waals surface area contributed by atoms with Gasteiger partial charge in [-0.25, -0.2) is 4.68 Å². The van der Waals surface area contributed by atoms with Crippen LogP contribution in [0.2, 0.25) is 0 Å². The van der Waals surface area contributed by atoms with Gasteiger partial charge in [-0.15, -0.1) is 5.10 Å². The van der Waals surface area contributed by atoms with Gasteiger partial charge in [0, 0.05) is 30.8 Å². The van der Waals surface area contributed by atoms with E-state index in [0.29, 0.717) is 31.6 Å². The predicted octanol–water partition coefficient (Wildman–Crippen LogP) is 3.45. The number of H-pyrrole nitrogens is 1. The zero-order valence-electron chi connectivity index (χ0n) is 20.0. The Kier molecular flexibility index (Phi) is 7.49.